The molecule has 4 rings (SSSR count). The molecule has 1 aromatic heterocycles. The van der Waals surface area contributed by atoms with E-state index in [1.54, 1.807) is 41.3 Å². The van der Waals surface area contributed by atoms with Crippen molar-refractivity contribution in [3.8, 4) is 0 Å². The van der Waals surface area contributed by atoms with Crippen LogP contribution in [0, 0.1) is 0 Å². The van der Waals surface area contributed by atoms with Gasteiger partial charge in [-0.1, -0.05) is 30.3 Å². The highest BCUT2D eigenvalue weighted by atomic mass is 16.4. The quantitative estimate of drug-likeness (QED) is 0.752. The van der Waals surface area contributed by atoms with Gasteiger partial charge in [0, 0.05) is 19.0 Å². The van der Waals surface area contributed by atoms with Gasteiger partial charge in [0.2, 0.25) is 5.91 Å². The summed E-state index contributed by atoms with van der Waals surface area (Å²) in [5.41, 5.74) is 1.38. The number of nitrogens with zero attached hydrogens (tertiary/aromatic N) is 3. The van der Waals surface area contributed by atoms with Gasteiger partial charge < -0.3 is 10.0 Å². The van der Waals surface area contributed by atoms with E-state index in [9.17, 15) is 19.5 Å². The lowest BCUT2D eigenvalue weighted by molar-refractivity contribution is -0.130. The van der Waals surface area contributed by atoms with Crippen LogP contribution in [-0.4, -0.2) is 44.5 Å². The van der Waals surface area contributed by atoms with Gasteiger partial charge in [0.15, 0.2) is 0 Å². The highest BCUT2D eigenvalue weighted by Crippen LogP contribution is 2.29. The van der Waals surface area contributed by atoms with Gasteiger partial charge in [-0.15, -0.1) is 0 Å². The fourth-order valence-electron chi connectivity index (χ4n) is 3.75. The Morgan fingerprint density at radius 2 is 1.86 bits per heavy atom. The number of hydrogen-bond donors (Lipinski definition) is 1. The number of para-hydroxylation sites is 1. The lowest BCUT2D eigenvalue weighted by Crippen LogP contribution is -2.35. The van der Waals surface area contributed by atoms with E-state index in [0.29, 0.717) is 30.4 Å². The number of carbonyl (C=O) groups is 2. The second-order valence-electron chi connectivity index (χ2n) is 6.91. The fourth-order valence-corrected chi connectivity index (χ4v) is 3.75. The molecule has 1 atom stereocenters. The molecule has 0 spiro atoms. The van der Waals surface area contributed by atoms with Crippen LogP contribution in [-0.2, 0) is 11.3 Å². The van der Waals surface area contributed by atoms with Crippen LogP contribution < -0.4 is 5.56 Å². The minimum atomic E-state index is -0.964. The van der Waals surface area contributed by atoms with Crippen molar-refractivity contribution in [3.05, 3.63) is 76.3 Å². The second-order valence-corrected chi connectivity index (χ2v) is 6.91. The van der Waals surface area contributed by atoms with Crippen molar-refractivity contribution in [1.29, 1.82) is 0 Å². The molecule has 142 valence electrons. The molecule has 0 bridgehead atoms. The van der Waals surface area contributed by atoms with E-state index in [1.807, 2.05) is 12.1 Å². The van der Waals surface area contributed by atoms with Gasteiger partial charge in [-0.25, -0.2) is 9.78 Å². The fraction of sp³-hybridized carbons (Fsp3) is 0.238. The zero-order chi connectivity index (χ0) is 19.7. The Kier molecular flexibility index (Phi) is 4.65. The molecule has 1 fully saturated rings. The third kappa shape index (κ3) is 3.26. The molecule has 1 aliphatic heterocycles. The predicted octanol–water partition coefficient (Wildman–Crippen LogP) is 2.11. The molecule has 0 saturated carbocycles. The van der Waals surface area contributed by atoms with E-state index in [0.717, 1.165) is 5.56 Å². The van der Waals surface area contributed by atoms with Crippen LogP contribution in [0.5, 0.6) is 0 Å². The highest BCUT2D eigenvalue weighted by Gasteiger charge is 2.29. The van der Waals surface area contributed by atoms with E-state index in [-0.39, 0.29) is 29.5 Å². The van der Waals surface area contributed by atoms with Crippen molar-refractivity contribution in [2.24, 2.45) is 0 Å². The minimum Gasteiger partial charge on any atom is -0.478 e. The van der Waals surface area contributed by atoms with Gasteiger partial charge in [-0.3, -0.25) is 14.2 Å². The number of fused-ring (bicyclic) bond motifs is 1. The van der Waals surface area contributed by atoms with Gasteiger partial charge >= 0.3 is 5.97 Å². The molecule has 1 amide bonds. The molecule has 1 N–H and O–H groups in total. The van der Waals surface area contributed by atoms with E-state index in [2.05, 4.69) is 4.98 Å². The Balaban J connectivity index is 1.51. The monoisotopic (exact) mass is 377 g/mol. The number of hydrogen-bond acceptors (Lipinski definition) is 4. The van der Waals surface area contributed by atoms with Crippen molar-refractivity contribution in [1.82, 2.24) is 14.5 Å². The smallest absolute Gasteiger partial charge is 0.335 e. The van der Waals surface area contributed by atoms with Crippen LogP contribution in [0.15, 0.2) is 59.7 Å². The summed E-state index contributed by atoms with van der Waals surface area (Å²) in [6.07, 6.45) is 2.09. The molecule has 2 aromatic carbocycles. The molecule has 28 heavy (non-hydrogen) atoms. The summed E-state index contributed by atoms with van der Waals surface area (Å²) in [5.74, 6) is -1.16. The molecular weight excluding hydrogens is 358 g/mol. The molecule has 0 radical (unpaired) electrons. The maximum atomic E-state index is 12.7. The number of carboxylic acids is 1. The third-order valence-corrected chi connectivity index (χ3v) is 5.21. The van der Waals surface area contributed by atoms with Crippen LogP contribution in [0.1, 0.15) is 28.3 Å². The first-order valence-corrected chi connectivity index (χ1v) is 9.09. The number of benzene rings is 2. The molecule has 3 aromatic rings. The van der Waals surface area contributed by atoms with Gasteiger partial charge in [0.1, 0.15) is 6.54 Å². The summed E-state index contributed by atoms with van der Waals surface area (Å²) in [6.45, 7) is 0.899. The van der Waals surface area contributed by atoms with Crippen LogP contribution in [0.3, 0.4) is 0 Å². The SMILES string of the molecule is O=C(O)c1ccccc1C1CCN(C(=O)Cn2cnc3ccccc3c2=O)C1. The number of carboxylic acid groups (broad SMARTS) is 1. The van der Waals surface area contributed by atoms with E-state index in [4.69, 9.17) is 0 Å². The summed E-state index contributed by atoms with van der Waals surface area (Å²) in [6, 6.07) is 13.9. The summed E-state index contributed by atoms with van der Waals surface area (Å²) in [4.78, 5) is 42.7. The van der Waals surface area contributed by atoms with E-state index < -0.39 is 5.97 Å². The molecule has 1 unspecified atom stereocenters. The molecule has 2 heterocycles. The largest absolute Gasteiger partial charge is 0.478 e. The number of rotatable bonds is 4. The number of amides is 1. The Morgan fingerprint density at radius 3 is 2.68 bits per heavy atom. The summed E-state index contributed by atoms with van der Waals surface area (Å²) >= 11 is 0. The number of aromatic carboxylic acids is 1. The molecule has 1 aliphatic rings. The Bertz CT molecular complexity index is 1120. The molecule has 7 nitrogen and oxygen atoms in total. The van der Waals surface area contributed by atoms with Crippen molar-refractivity contribution in [2.75, 3.05) is 13.1 Å². The first-order chi connectivity index (χ1) is 13.5. The van der Waals surface area contributed by atoms with Crippen molar-refractivity contribution < 1.29 is 14.7 Å². The lowest BCUT2D eigenvalue weighted by atomic mass is 9.93. The normalized spacial score (nSPS) is 16.4. The van der Waals surface area contributed by atoms with E-state index >= 15 is 0 Å². The topological polar surface area (TPSA) is 92.5 Å². The highest BCUT2D eigenvalue weighted by molar-refractivity contribution is 5.89. The van der Waals surface area contributed by atoms with Crippen molar-refractivity contribution >= 4 is 22.8 Å². The van der Waals surface area contributed by atoms with Crippen molar-refractivity contribution in [2.45, 2.75) is 18.9 Å². The van der Waals surface area contributed by atoms with Gasteiger partial charge in [0.25, 0.3) is 5.56 Å². The Hall–Kier alpha value is -3.48. The average molecular weight is 377 g/mol. The molecule has 0 aliphatic carbocycles. The number of carbonyl (C=O) groups excluding carboxylic acids is 1. The minimum absolute atomic E-state index is 0.0253. The summed E-state index contributed by atoms with van der Waals surface area (Å²) in [5, 5.41) is 9.87. The first kappa shape index (κ1) is 17.9. The maximum absolute atomic E-state index is 12.7. The van der Waals surface area contributed by atoms with Crippen LogP contribution in [0.4, 0.5) is 0 Å². The zero-order valence-corrected chi connectivity index (χ0v) is 15.1. The van der Waals surface area contributed by atoms with Crippen molar-refractivity contribution in [3.63, 3.8) is 0 Å². The van der Waals surface area contributed by atoms with Crippen LogP contribution in [0.2, 0.25) is 0 Å². The van der Waals surface area contributed by atoms with Gasteiger partial charge in [-0.05, 0) is 30.2 Å². The average Bonchev–Trinajstić information content (AvgIpc) is 3.20. The summed E-state index contributed by atoms with van der Waals surface area (Å²) in [7, 11) is 0. The Labute approximate surface area is 160 Å². The standard InChI is InChI=1S/C21H19N3O4/c25-19(12-24-13-22-18-8-4-3-7-17(18)20(24)26)23-10-9-14(11-23)15-5-1-2-6-16(15)21(27)28/h1-8,13-14H,9-12H2,(H,27,28). The van der Waals surface area contributed by atoms with Gasteiger partial charge in [0.05, 0.1) is 22.8 Å². The number of likely N-dealkylation sites (tertiary alicyclic amines) is 1. The van der Waals surface area contributed by atoms with Crippen LogP contribution >= 0.6 is 0 Å². The lowest BCUT2D eigenvalue weighted by Gasteiger charge is -2.18. The third-order valence-electron chi connectivity index (χ3n) is 5.21. The Morgan fingerprint density at radius 1 is 1.11 bits per heavy atom. The number of aromatic nitrogens is 2. The van der Waals surface area contributed by atoms with Gasteiger partial charge in [-0.2, -0.15) is 0 Å². The molecule has 1 saturated heterocycles. The maximum Gasteiger partial charge on any atom is 0.335 e. The second kappa shape index (κ2) is 7.26. The first-order valence-electron chi connectivity index (χ1n) is 9.09. The zero-order valence-electron chi connectivity index (χ0n) is 15.1. The molecular formula is C21H19N3O4. The predicted molar refractivity (Wildman–Crippen MR) is 103 cm³/mol. The summed E-state index contributed by atoms with van der Waals surface area (Å²) < 4.78 is 1.32. The van der Waals surface area contributed by atoms with E-state index in [1.165, 1.54) is 10.9 Å². The molecule has 7 heteroatoms. The van der Waals surface area contributed by atoms with Crippen LogP contribution in [0.25, 0.3) is 10.9 Å².